The number of nitrogens with one attached hydrogen (secondary N) is 2. The van der Waals surface area contributed by atoms with Gasteiger partial charge in [0.05, 0.1) is 6.04 Å². The first-order valence-electron chi connectivity index (χ1n) is 8.95. The van der Waals surface area contributed by atoms with Crippen molar-refractivity contribution in [3.05, 3.63) is 71.5 Å². The van der Waals surface area contributed by atoms with Crippen molar-refractivity contribution in [2.45, 2.75) is 39.3 Å². The van der Waals surface area contributed by atoms with Crippen LogP contribution in [0.1, 0.15) is 60.2 Å². The quantitative estimate of drug-likeness (QED) is 0.718. The van der Waals surface area contributed by atoms with Gasteiger partial charge in [0, 0.05) is 22.1 Å². The van der Waals surface area contributed by atoms with Crippen molar-refractivity contribution in [3.8, 4) is 0 Å². The summed E-state index contributed by atoms with van der Waals surface area (Å²) >= 11 is 0. The maximum absolute atomic E-state index is 12.5. The van der Waals surface area contributed by atoms with E-state index >= 15 is 0 Å². The van der Waals surface area contributed by atoms with Crippen molar-refractivity contribution in [2.75, 3.05) is 0 Å². The van der Waals surface area contributed by atoms with Crippen molar-refractivity contribution in [1.29, 1.82) is 0 Å². The van der Waals surface area contributed by atoms with Gasteiger partial charge in [-0.05, 0) is 64.1 Å². The predicted molar refractivity (Wildman–Crippen MR) is 106 cm³/mol. The minimum atomic E-state index is -0.310. The fraction of sp³-hybridized carbons (Fsp3) is 0.273. The molecule has 0 bridgehead atoms. The zero-order chi connectivity index (χ0) is 19.6. The molecule has 27 heavy (non-hydrogen) atoms. The molecule has 1 unspecified atom stereocenters. The number of para-hydroxylation sites is 1. The first kappa shape index (κ1) is 18.7. The number of fused-ring (bicyclic) bond motifs is 1. The Kier molecular flexibility index (Phi) is 5.04. The van der Waals surface area contributed by atoms with E-state index in [4.69, 9.17) is 4.42 Å². The maximum atomic E-state index is 12.5. The summed E-state index contributed by atoms with van der Waals surface area (Å²) in [4.78, 5) is 24.7. The highest BCUT2D eigenvalue weighted by molar-refractivity contribution is 5.98. The summed E-state index contributed by atoms with van der Waals surface area (Å²) in [6.07, 6.45) is 0. The molecule has 0 saturated heterocycles. The molecule has 0 radical (unpaired) electrons. The average molecular weight is 364 g/mol. The lowest BCUT2D eigenvalue weighted by atomic mass is 10.1. The van der Waals surface area contributed by atoms with Crippen molar-refractivity contribution in [2.24, 2.45) is 0 Å². The minimum Gasteiger partial charge on any atom is -0.459 e. The van der Waals surface area contributed by atoms with E-state index in [-0.39, 0.29) is 23.4 Å². The fourth-order valence-corrected chi connectivity index (χ4v) is 2.75. The number of hydrogen-bond acceptors (Lipinski definition) is 3. The first-order chi connectivity index (χ1) is 12.7. The van der Waals surface area contributed by atoms with E-state index in [1.54, 1.807) is 24.3 Å². The molecular weight excluding hydrogens is 340 g/mol. The molecule has 0 aliphatic heterocycles. The van der Waals surface area contributed by atoms with Gasteiger partial charge in [-0.25, -0.2) is 0 Å². The van der Waals surface area contributed by atoms with Crippen molar-refractivity contribution in [3.63, 3.8) is 0 Å². The Morgan fingerprint density at radius 1 is 0.926 bits per heavy atom. The molecule has 2 aromatic carbocycles. The number of carbonyl (C=O) groups excluding carboxylic acids is 2. The van der Waals surface area contributed by atoms with Gasteiger partial charge in [0.25, 0.3) is 11.8 Å². The fourth-order valence-electron chi connectivity index (χ4n) is 2.75. The molecule has 0 spiro atoms. The van der Waals surface area contributed by atoms with Crippen molar-refractivity contribution >= 4 is 22.8 Å². The van der Waals surface area contributed by atoms with Crippen molar-refractivity contribution in [1.82, 2.24) is 10.6 Å². The van der Waals surface area contributed by atoms with Gasteiger partial charge in [0.2, 0.25) is 0 Å². The highest BCUT2D eigenvalue weighted by Crippen LogP contribution is 2.23. The third kappa shape index (κ3) is 4.56. The predicted octanol–water partition coefficient (Wildman–Crippen LogP) is 4.45. The third-order valence-electron chi connectivity index (χ3n) is 4.12. The maximum Gasteiger partial charge on any atom is 0.251 e. The molecule has 1 aromatic heterocycles. The molecule has 1 heterocycles. The lowest BCUT2D eigenvalue weighted by Crippen LogP contribution is -2.40. The van der Waals surface area contributed by atoms with Crippen LogP contribution in [-0.2, 0) is 0 Å². The van der Waals surface area contributed by atoms with E-state index in [0.717, 1.165) is 11.0 Å². The van der Waals surface area contributed by atoms with Gasteiger partial charge in [-0.2, -0.15) is 0 Å². The van der Waals surface area contributed by atoms with Crippen LogP contribution >= 0.6 is 0 Å². The summed E-state index contributed by atoms with van der Waals surface area (Å²) in [6.45, 7) is 7.64. The van der Waals surface area contributed by atoms with Crippen LogP contribution < -0.4 is 10.6 Å². The normalized spacial score (nSPS) is 12.6. The lowest BCUT2D eigenvalue weighted by Gasteiger charge is -2.20. The number of hydrogen-bond donors (Lipinski definition) is 2. The summed E-state index contributed by atoms with van der Waals surface area (Å²) in [6, 6.07) is 16.0. The molecule has 0 saturated carbocycles. The summed E-state index contributed by atoms with van der Waals surface area (Å²) in [7, 11) is 0. The number of furan rings is 1. The zero-order valence-corrected chi connectivity index (χ0v) is 16.0. The number of rotatable bonds is 4. The Labute approximate surface area is 158 Å². The van der Waals surface area contributed by atoms with Gasteiger partial charge in [-0.15, -0.1) is 0 Å². The second kappa shape index (κ2) is 7.27. The van der Waals surface area contributed by atoms with Gasteiger partial charge < -0.3 is 15.1 Å². The van der Waals surface area contributed by atoms with E-state index in [2.05, 4.69) is 10.6 Å². The molecule has 2 N–H and O–H groups in total. The molecule has 2 amide bonds. The smallest absolute Gasteiger partial charge is 0.251 e. The molecular formula is C22H24N2O3. The molecule has 0 aliphatic carbocycles. The summed E-state index contributed by atoms with van der Waals surface area (Å²) < 4.78 is 5.80. The largest absolute Gasteiger partial charge is 0.459 e. The highest BCUT2D eigenvalue weighted by Gasteiger charge is 2.17. The molecule has 0 fully saturated rings. The second-order valence-corrected chi connectivity index (χ2v) is 7.66. The van der Waals surface area contributed by atoms with Gasteiger partial charge in [-0.3, -0.25) is 9.59 Å². The van der Waals surface area contributed by atoms with Crippen LogP contribution in [0, 0.1) is 0 Å². The molecule has 0 aliphatic rings. The summed E-state index contributed by atoms with van der Waals surface area (Å²) in [5.41, 5.74) is 1.50. The van der Waals surface area contributed by atoms with Gasteiger partial charge in [0.15, 0.2) is 0 Å². The average Bonchev–Trinajstić information content (AvgIpc) is 3.04. The Balaban J connectivity index is 1.67. The molecule has 1 atom stereocenters. The molecule has 3 rings (SSSR count). The van der Waals surface area contributed by atoms with Crippen LogP contribution in [0.3, 0.4) is 0 Å². The van der Waals surface area contributed by atoms with E-state index < -0.39 is 0 Å². The first-order valence-corrected chi connectivity index (χ1v) is 8.95. The third-order valence-corrected chi connectivity index (χ3v) is 4.12. The van der Waals surface area contributed by atoms with Crippen LogP contribution in [-0.4, -0.2) is 17.4 Å². The van der Waals surface area contributed by atoms with Gasteiger partial charge >= 0.3 is 0 Å². The summed E-state index contributed by atoms with van der Waals surface area (Å²) in [5, 5.41) is 6.83. The van der Waals surface area contributed by atoms with Gasteiger partial charge in [0.1, 0.15) is 11.3 Å². The van der Waals surface area contributed by atoms with E-state index in [0.29, 0.717) is 16.9 Å². The molecule has 140 valence electrons. The second-order valence-electron chi connectivity index (χ2n) is 7.66. The Morgan fingerprint density at radius 2 is 1.52 bits per heavy atom. The molecule has 3 aromatic rings. The van der Waals surface area contributed by atoms with Crippen LogP contribution in [0.2, 0.25) is 0 Å². The number of amides is 2. The lowest BCUT2D eigenvalue weighted by molar-refractivity contribution is 0.0912. The molecule has 5 heteroatoms. The monoisotopic (exact) mass is 364 g/mol. The number of benzene rings is 2. The Morgan fingerprint density at radius 3 is 2.11 bits per heavy atom. The highest BCUT2D eigenvalue weighted by atomic mass is 16.3. The summed E-state index contributed by atoms with van der Waals surface area (Å²) in [5.74, 6) is 0.321. The molecule has 5 nitrogen and oxygen atoms in total. The van der Waals surface area contributed by atoms with E-state index in [9.17, 15) is 9.59 Å². The Bertz CT molecular complexity index is 932. The Hall–Kier alpha value is -3.08. The topological polar surface area (TPSA) is 71.3 Å². The van der Waals surface area contributed by atoms with Crippen LogP contribution in [0.25, 0.3) is 11.0 Å². The van der Waals surface area contributed by atoms with E-state index in [1.807, 2.05) is 58.0 Å². The van der Waals surface area contributed by atoms with E-state index in [1.165, 1.54) is 0 Å². The SMILES string of the molecule is CC(NC(=O)c1ccc(C(=O)NC(C)(C)C)cc1)c1cc2ccccc2o1. The number of carbonyl (C=O) groups is 2. The van der Waals surface area contributed by atoms with Crippen LogP contribution in [0.5, 0.6) is 0 Å². The zero-order valence-electron chi connectivity index (χ0n) is 16.0. The minimum absolute atomic E-state index is 0.162. The van der Waals surface area contributed by atoms with Crippen LogP contribution in [0.4, 0.5) is 0 Å². The standard InChI is InChI=1S/C22H24N2O3/c1-14(19-13-17-7-5-6-8-18(17)27-19)23-20(25)15-9-11-16(12-10-15)21(26)24-22(2,3)4/h5-14H,1-4H3,(H,23,25)(H,24,26). The van der Waals surface area contributed by atoms with Gasteiger partial charge in [-0.1, -0.05) is 18.2 Å². The van der Waals surface area contributed by atoms with Crippen molar-refractivity contribution < 1.29 is 14.0 Å². The van der Waals surface area contributed by atoms with Crippen LogP contribution in [0.15, 0.2) is 59.0 Å².